The highest BCUT2D eigenvalue weighted by Gasteiger charge is 2.57. The van der Waals surface area contributed by atoms with Gasteiger partial charge in [0, 0.05) is 32.1 Å². The molecule has 3 fully saturated rings. The Morgan fingerprint density at radius 2 is 1.83 bits per heavy atom. The number of nitrogens with zero attached hydrogens (tertiary/aromatic N) is 2. The summed E-state index contributed by atoms with van der Waals surface area (Å²) in [6.07, 6.45) is 4.95. The van der Waals surface area contributed by atoms with Gasteiger partial charge in [0.05, 0.1) is 6.61 Å². The quantitative estimate of drug-likeness (QED) is 0.798. The monoisotopic (exact) mass is 252 g/mol. The summed E-state index contributed by atoms with van der Waals surface area (Å²) < 4.78 is 0. The molecule has 0 radical (unpaired) electrons. The molecule has 2 saturated carbocycles. The molecule has 1 N–H and O–H groups in total. The predicted octanol–water partition coefficient (Wildman–Crippen LogP) is 0.559. The van der Waals surface area contributed by atoms with E-state index in [1.807, 2.05) is 0 Å². The number of fused-ring (bicyclic) bond motifs is 1. The number of carbonyl (C=O) groups excluding carboxylic acids is 1. The van der Waals surface area contributed by atoms with Crippen molar-refractivity contribution in [1.82, 2.24) is 9.80 Å². The van der Waals surface area contributed by atoms with E-state index in [9.17, 15) is 4.79 Å². The molecule has 2 aliphatic carbocycles. The van der Waals surface area contributed by atoms with Crippen LogP contribution in [-0.2, 0) is 4.79 Å². The van der Waals surface area contributed by atoms with E-state index >= 15 is 0 Å². The predicted molar refractivity (Wildman–Crippen MR) is 69.0 cm³/mol. The average molecular weight is 252 g/mol. The van der Waals surface area contributed by atoms with E-state index in [1.165, 1.54) is 19.3 Å². The summed E-state index contributed by atoms with van der Waals surface area (Å²) >= 11 is 0. The van der Waals surface area contributed by atoms with Crippen LogP contribution in [0, 0.1) is 17.8 Å². The summed E-state index contributed by atoms with van der Waals surface area (Å²) in [6, 6.07) is 0. The molecule has 0 aromatic carbocycles. The van der Waals surface area contributed by atoms with Crippen LogP contribution in [0.5, 0.6) is 0 Å². The highest BCUT2D eigenvalue weighted by molar-refractivity contribution is 5.82. The second kappa shape index (κ2) is 5.17. The first kappa shape index (κ1) is 12.4. The molecule has 0 aromatic rings. The molecule has 102 valence electrons. The molecule has 18 heavy (non-hydrogen) atoms. The molecule has 1 heterocycles. The van der Waals surface area contributed by atoms with Crippen LogP contribution in [0.1, 0.15) is 25.7 Å². The number of carbonyl (C=O) groups is 1. The van der Waals surface area contributed by atoms with Crippen LogP contribution in [0.4, 0.5) is 0 Å². The minimum atomic E-state index is 0.223. The molecule has 4 heteroatoms. The molecule has 2 unspecified atom stereocenters. The maximum atomic E-state index is 12.4. The summed E-state index contributed by atoms with van der Waals surface area (Å²) in [7, 11) is 0. The van der Waals surface area contributed by atoms with Crippen LogP contribution in [-0.4, -0.2) is 60.1 Å². The molecule has 0 bridgehead atoms. The number of aliphatic hydroxyl groups excluding tert-OH is 1. The lowest BCUT2D eigenvalue weighted by Gasteiger charge is -2.22. The lowest BCUT2D eigenvalue weighted by molar-refractivity contribution is -0.133. The first-order valence-corrected chi connectivity index (χ1v) is 7.43. The second-order valence-corrected chi connectivity index (χ2v) is 6.03. The van der Waals surface area contributed by atoms with Crippen molar-refractivity contribution in [1.29, 1.82) is 0 Å². The van der Waals surface area contributed by atoms with E-state index in [-0.39, 0.29) is 6.61 Å². The van der Waals surface area contributed by atoms with Crippen molar-refractivity contribution in [3.8, 4) is 0 Å². The van der Waals surface area contributed by atoms with Crippen molar-refractivity contribution in [3.63, 3.8) is 0 Å². The zero-order chi connectivity index (χ0) is 12.5. The van der Waals surface area contributed by atoms with Gasteiger partial charge in [0.1, 0.15) is 0 Å². The number of hydrogen-bond donors (Lipinski definition) is 1. The molecule has 0 spiro atoms. The molecule has 0 aromatic heterocycles. The Hall–Kier alpha value is -0.610. The smallest absolute Gasteiger partial charge is 0.226 e. The third-order valence-electron chi connectivity index (χ3n) is 5.01. The Balaban J connectivity index is 1.52. The number of β-amino-alcohol motifs (C(OH)–C–C–N with tert-alkyl or cyclic N) is 1. The molecule has 3 rings (SSSR count). The summed E-state index contributed by atoms with van der Waals surface area (Å²) in [5.74, 6) is 2.27. The van der Waals surface area contributed by atoms with Gasteiger partial charge in [-0.1, -0.05) is 6.42 Å². The Morgan fingerprint density at radius 3 is 2.56 bits per heavy atom. The molecule has 1 amide bonds. The number of rotatable bonds is 3. The van der Waals surface area contributed by atoms with Crippen molar-refractivity contribution in [3.05, 3.63) is 0 Å². The van der Waals surface area contributed by atoms with E-state index < -0.39 is 0 Å². The van der Waals surface area contributed by atoms with Gasteiger partial charge in [-0.15, -0.1) is 0 Å². The first-order valence-electron chi connectivity index (χ1n) is 7.43. The lowest BCUT2D eigenvalue weighted by Crippen LogP contribution is -2.37. The minimum Gasteiger partial charge on any atom is -0.395 e. The third kappa shape index (κ3) is 2.28. The molecule has 2 atom stereocenters. The van der Waals surface area contributed by atoms with Gasteiger partial charge >= 0.3 is 0 Å². The summed E-state index contributed by atoms with van der Waals surface area (Å²) in [6.45, 7) is 4.68. The van der Waals surface area contributed by atoms with Crippen molar-refractivity contribution in [2.45, 2.75) is 25.7 Å². The molecular weight excluding hydrogens is 228 g/mol. The van der Waals surface area contributed by atoms with Crippen LogP contribution in [0.25, 0.3) is 0 Å². The van der Waals surface area contributed by atoms with Gasteiger partial charge in [-0.05, 0) is 37.6 Å². The maximum absolute atomic E-state index is 12.4. The summed E-state index contributed by atoms with van der Waals surface area (Å²) in [4.78, 5) is 16.8. The molecule has 3 aliphatic rings. The van der Waals surface area contributed by atoms with E-state index in [0.717, 1.165) is 51.0 Å². The fourth-order valence-electron chi connectivity index (χ4n) is 3.95. The van der Waals surface area contributed by atoms with Crippen LogP contribution < -0.4 is 0 Å². The first-order chi connectivity index (χ1) is 8.81. The van der Waals surface area contributed by atoms with E-state index in [2.05, 4.69) is 9.80 Å². The Bertz CT molecular complexity index is 311. The summed E-state index contributed by atoms with van der Waals surface area (Å²) in [5.41, 5.74) is 0. The fourth-order valence-corrected chi connectivity index (χ4v) is 3.95. The largest absolute Gasteiger partial charge is 0.395 e. The van der Waals surface area contributed by atoms with Gasteiger partial charge in [0.25, 0.3) is 0 Å². The van der Waals surface area contributed by atoms with Crippen LogP contribution >= 0.6 is 0 Å². The van der Waals surface area contributed by atoms with Gasteiger partial charge in [-0.3, -0.25) is 9.69 Å². The highest BCUT2D eigenvalue weighted by atomic mass is 16.3. The molecular formula is C14H24N2O2. The van der Waals surface area contributed by atoms with Crippen molar-refractivity contribution >= 4 is 5.91 Å². The number of hydrogen-bond acceptors (Lipinski definition) is 3. The van der Waals surface area contributed by atoms with Gasteiger partial charge < -0.3 is 10.0 Å². The Kier molecular flexibility index (Phi) is 3.57. The molecule has 1 saturated heterocycles. The van der Waals surface area contributed by atoms with Crippen molar-refractivity contribution < 1.29 is 9.90 Å². The zero-order valence-corrected chi connectivity index (χ0v) is 11.1. The zero-order valence-electron chi connectivity index (χ0n) is 11.1. The van der Waals surface area contributed by atoms with Crippen molar-refractivity contribution in [2.24, 2.45) is 17.8 Å². The average Bonchev–Trinajstić information content (AvgIpc) is 2.96. The Morgan fingerprint density at radius 1 is 1.06 bits per heavy atom. The minimum absolute atomic E-state index is 0.223. The third-order valence-corrected chi connectivity index (χ3v) is 5.01. The highest BCUT2D eigenvalue weighted by Crippen LogP contribution is 2.58. The molecule has 4 nitrogen and oxygen atoms in total. The van der Waals surface area contributed by atoms with Gasteiger partial charge in [0.2, 0.25) is 5.91 Å². The topological polar surface area (TPSA) is 43.8 Å². The summed E-state index contributed by atoms with van der Waals surface area (Å²) in [5, 5.41) is 8.97. The Labute approximate surface area is 109 Å². The van der Waals surface area contributed by atoms with Crippen LogP contribution in [0.2, 0.25) is 0 Å². The van der Waals surface area contributed by atoms with E-state index in [4.69, 9.17) is 5.11 Å². The number of amides is 1. The van der Waals surface area contributed by atoms with Gasteiger partial charge in [0.15, 0.2) is 0 Å². The normalized spacial score (nSPS) is 36.3. The van der Waals surface area contributed by atoms with Crippen molar-refractivity contribution in [2.75, 3.05) is 39.3 Å². The van der Waals surface area contributed by atoms with Crippen LogP contribution in [0.3, 0.4) is 0 Å². The van der Waals surface area contributed by atoms with Crippen LogP contribution in [0.15, 0.2) is 0 Å². The fraction of sp³-hybridized carbons (Fsp3) is 0.929. The number of aliphatic hydroxyl groups is 1. The standard InChI is InChI=1S/C14H24N2O2/c17-10-9-15-5-2-6-16(8-7-15)14(18)13-11-3-1-4-12(11)13/h11-13,17H,1-10H2. The molecule has 1 aliphatic heterocycles. The maximum Gasteiger partial charge on any atom is 0.226 e. The van der Waals surface area contributed by atoms with Gasteiger partial charge in [-0.2, -0.15) is 0 Å². The van der Waals surface area contributed by atoms with Gasteiger partial charge in [-0.25, -0.2) is 0 Å². The van der Waals surface area contributed by atoms with E-state index in [0.29, 0.717) is 11.8 Å². The second-order valence-electron chi connectivity index (χ2n) is 6.03. The lowest BCUT2D eigenvalue weighted by atomic mass is 10.1. The SMILES string of the molecule is O=C(C1C2CCCC21)N1CCCN(CCO)CC1. The van der Waals surface area contributed by atoms with E-state index in [1.54, 1.807) is 0 Å².